The van der Waals surface area contributed by atoms with Gasteiger partial charge in [-0.3, -0.25) is 0 Å². The number of phenols is 1. The summed E-state index contributed by atoms with van der Waals surface area (Å²) < 4.78 is 50.6. The van der Waals surface area contributed by atoms with Gasteiger partial charge in [-0.1, -0.05) is 0 Å². The van der Waals surface area contributed by atoms with Crippen LogP contribution in [-0.2, 0) is 6.42 Å². The van der Waals surface area contributed by atoms with E-state index in [9.17, 15) is 22.7 Å². The summed E-state index contributed by atoms with van der Waals surface area (Å²) in [5.41, 5.74) is 3.03. The maximum absolute atomic E-state index is 12.9. The Kier molecular flexibility index (Phi) is 3.42. The van der Waals surface area contributed by atoms with Crippen LogP contribution in [0, 0.1) is 11.6 Å². The van der Waals surface area contributed by atoms with Gasteiger partial charge < -0.3 is 10.8 Å². The van der Waals surface area contributed by atoms with E-state index in [0.29, 0.717) is 6.07 Å². The topological polar surface area (TPSA) is 46.2 Å². The van der Waals surface area contributed by atoms with Crippen molar-refractivity contribution in [2.75, 3.05) is 0 Å². The van der Waals surface area contributed by atoms with Crippen LogP contribution in [0.15, 0.2) is 12.1 Å². The minimum Gasteiger partial charge on any atom is -0.505 e. The van der Waals surface area contributed by atoms with Crippen molar-refractivity contribution in [2.45, 2.75) is 25.3 Å². The summed E-state index contributed by atoms with van der Waals surface area (Å²) in [6, 6.07) is 1.25. The molecule has 0 amide bonds. The number of hydrogen-bond donors (Lipinski definition) is 2. The van der Waals surface area contributed by atoms with Crippen LogP contribution in [0.25, 0.3) is 0 Å². The van der Waals surface area contributed by atoms with Crippen molar-refractivity contribution in [3.8, 4) is 5.75 Å². The second kappa shape index (κ2) is 4.29. The molecule has 1 unspecified atom stereocenters. The van der Waals surface area contributed by atoms with Gasteiger partial charge in [0.2, 0.25) is 0 Å². The maximum atomic E-state index is 12.9. The first-order valence-electron chi connectivity index (χ1n) is 4.48. The number of hydrogen-bond acceptors (Lipinski definition) is 2. The number of halogens is 4. The van der Waals surface area contributed by atoms with Crippen molar-refractivity contribution in [1.82, 2.24) is 0 Å². The summed E-state index contributed by atoms with van der Waals surface area (Å²) in [5, 5.41) is 9.22. The molecule has 0 aliphatic heterocycles. The van der Waals surface area contributed by atoms with Crippen LogP contribution >= 0.6 is 0 Å². The monoisotopic (exact) mass is 237 g/mol. The summed E-state index contributed by atoms with van der Waals surface area (Å²) in [6.45, 7) is 1.04. The van der Waals surface area contributed by atoms with E-state index in [2.05, 4.69) is 0 Å². The molecule has 1 aromatic carbocycles. The van der Waals surface area contributed by atoms with Gasteiger partial charge >= 0.3 is 0 Å². The second-order valence-corrected chi connectivity index (χ2v) is 3.88. The maximum Gasteiger partial charge on any atom is 0.256 e. The van der Waals surface area contributed by atoms with Gasteiger partial charge in [0, 0.05) is 11.6 Å². The lowest BCUT2D eigenvalue weighted by Crippen LogP contribution is -2.45. The third-order valence-electron chi connectivity index (χ3n) is 2.18. The second-order valence-electron chi connectivity index (χ2n) is 3.88. The normalized spacial score (nSPS) is 15.2. The average Bonchev–Trinajstić information content (AvgIpc) is 2.12. The zero-order chi connectivity index (χ0) is 12.5. The van der Waals surface area contributed by atoms with Crippen LogP contribution in [0.2, 0.25) is 0 Å². The van der Waals surface area contributed by atoms with E-state index in [1.807, 2.05) is 0 Å². The van der Waals surface area contributed by atoms with Crippen LogP contribution in [0.4, 0.5) is 17.6 Å². The van der Waals surface area contributed by atoms with Crippen LogP contribution in [0.5, 0.6) is 5.75 Å². The van der Waals surface area contributed by atoms with E-state index in [-0.39, 0.29) is 5.56 Å². The molecule has 0 aliphatic rings. The number of alkyl halides is 2. The molecular formula is C10H11F4NO. The Balaban J connectivity index is 3.06. The fourth-order valence-electron chi connectivity index (χ4n) is 1.24. The number of rotatable bonds is 3. The predicted octanol–water partition coefficient (Wildman–Crippen LogP) is 2.20. The summed E-state index contributed by atoms with van der Waals surface area (Å²) in [5.74, 6) is -2.99. The largest absolute Gasteiger partial charge is 0.505 e. The Hall–Kier alpha value is -1.30. The molecule has 90 valence electrons. The summed E-state index contributed by atoms with van der Waals surface area (Å²) in [6.07, 6.45) is -3.39. The molecule has 0 heterocycles. The Morgan fingerprint density at radius 3 is 2.44 bits per heavy atom. The zero-order valence-corrected chi connectivity index (χ0v) is 8.48. The summed E-state index contributed by atoms with van der Waals surface area (Å²) in [7, 11) is 0. The first kappa shape index (κ1) is 12.8. The van der Waals surface area contributed by atoms with E-state index in [0.717, 1.165) is 13.0 Å². The lowest BCUT2D eigenvalue weighted by molar-refractivity contribution is 0.0635. The number of benzene rings is 1. The quantitative estimate of drug-likeness (QED) is 0.791. The van der Waals surface area contributed by atoms with Gasteiger partial charge in [-0.05, 0) is 19.4 Å². The Bertz CT molecular complexity index is 393. The Labute approximate surface area is 89.7 Å². The lowest BCUT2D eigenvalue weighted by atomic mass is 9.93. The molecule has 0 aliphatic carbocycles. The Morgan fingerprint density at radius 1 is 1.38 bits per heavy atom. The molecule has 0 spiro atoms. The van der Waals surface area contributed by atoms with Crippen molar-refractivity contribution < 1.29 is 22.7 Å². The van der Waals surface area contributed by atoms with Gasteiger partial charge in [-0.15, -0.1) is 0 Å². The fourth-order valence-corrected chi connectivity index (χ4v) is 1.24. The van der Waals surface area contributed by atoms with Crippen LogP contribution < -0.4 is 5.73 Å². The molecule has 3 N–H and O–H groups in total. The number of aromatic hydroxyl groups is 1. The van der Waals surface area contributed by atoms with Gasteiger partial charge in [0.15, 0.2) is 11.6 Å². The third kappa shape index (κ3) is 2.63. The van der Waals surface area contributed by atoms with E-state index in [1.165, 1.54) is 0 Å². The molecule has 6 heteroatoms. The standard InChI is InChI=1S/C10H11F4NO/c1-10(15,9(13)14)4-5-2-6(11)3-7(12)8(5)16/h2-3,9,16H,4,15H2,1H3. The van der Waals surface area contributed by atoms with E-state index >= 15 is 0 Å². The highest BCUT2D eigenvalue weighted by Gasteiger charge is 2.32. The van der Waals surface area contributed by atoms with Gasteiger partial charge in [0.1, 0.15) is 5.82 Å². The zero-order valence-electron chi connectivity index (χ0n) is 8.48. The van der Waals surface area contributed by atoms with Gasteiger partial charge in [0.25, 0.3) is 6.43 Å². The average molecular weight is 237 g/mol. The molecule has 0 saturated carbocycles. The minimum absolute atomic E-state index is 0.275. The molecule has 0 bridgehead atoms. The van der Waals surface area contributed by atoms with Gasteiger partial charge in [-0.2, -0.15) is 0 Å². The minimum atomic E-state index is -2.86. The molecule has 2 nitrogen and oxygen atoms in total. The molecular weight excluding hydrogens is 226 g/mol. The molecule has 0 saturated heterocycles. The molecule has 0 fully saturated rings. The molecule has 0 radical (unpaired) electrons. The van der Waals surface area contributed by atoms with E-state index in [4.69, 9.17) is 5.73 Å². The van der Waals surface area contributed by atoms with E-state index < -0.39 is 35.8 Å². The third-order valence-corrected chi connectivity index (χ3v) is 2.18. The molecule has 0 aromatic heterocycles. The van der Waals surface area contributed by atoms with E-state index in [1.54, 1.807) is 0 Å². The first-order valence-corrected chi connectivity index (χ1v) is 4.48. The molecule has 1 rings (SSSR count). The summed E-state index contributed by atoms with van der Waals surface area (Å²) >= 11 is 0. The van der Waals surface area contributed by atoms with Crippen molar-refractivity contribution in [1.29, 1.82) is 0 Å². The molecule has 1 atom stereocenters. The fraction of sp³-hybridized carbons (Fsp3) is 0.400. The number of nitrogens with two attached hydrogens (primary N) is 1. The van der Waals surface area contributed by atoms with Crippen molar-refractivity contribution in [3.63, 3.8) is 0 Å². The van der Waals surface area contributed by atoms with Crippen LogP contribution in [-0.4, -0.2) is 17.1 Å². The van der Waals surface area contributed by atoms with Crippen molar-refractivity contribution in [2.24, 2.45) is 5.73 Å². The van der Waals surface area contributed by atoms with Crippen LogP contribution in [0.3, 0.4) is 0 Å². The molecule has 1 aromatic rings. The van der Waals surface area contributed by atoms with Crippen molar-refractivity contribution >= 4 is 0 Å². The summed E-state index contributed by atoms with van der Waals surface area (Å²) in [4.78, 5) is 0. The highest BCUT2D eigenvalue weighted by molar-refractivity contribution is 5.35. The highest BCUT2D eigenvalue weighted by atomic mass is 19.3. The lowest BCUT2D eigenvalue weighted by Gasteiger charge is -2.23. The van der Waals surface area contributed by atoms with Crippen LogP contribution in [0.1, 0.15) is 12.5 Å². The first-order chi connectivity index (χ1) is 7.24. The number of phenolic OH excluding ortho intramolecular Hbond substituents is 1. The van der Waals surface area contributed by atoms with Gasteiger partial charge in [-0.25, -0.2) is 17.6 Å². The smallest absolute Gasteiger partial charge is 0.256 e. The van der Waals surface area contributed by atoms with Gasteiger partial charge in [0.05, 0.1) is 5.54 Å². The Morgan fingerprint density at radius 2 is 1.94 bits per heavy atom. The predicted molar refractivity (Wildman–Crippen MR) is 50.3 cm³/mol. The molecule has 16 heavy (non-hydrogen) atoms. The SMILES string of the molecule is CC(N)(Cc1cc(F)cc(F)c1O)C(F)F. The van der Waals surface area contributed by atoms with Crippen molar-refractivity contribution in [3.05, 3.63) is 29.3 Å². The highest BCUT2D eigenvalue weighted by Crippen LogP contribution is 2.27.